The number of aliphatic hydroxyl groups excluding tert-OH is 4. The number of hydrogen-bond donors (Lipinski definition) is 6. The summed E-state index contributed by atoms with van der Waals surface area (Å²) in [5, 5.41) is 40.2. The van der Waals surface area contributed by atoms with E-state index in [9.17, 15) is 23.7 Å². The lowest BCUT2D eigenvalue weighted by molar-refractivity contribution is -0.236. The van der Waals surface area contributed by atoms with Gasteiger partial charge in [-0.2, -0.15) is 8.42 Å². The van der Waals surface area contributed by atoms with Gasteiger partial charge in [-0.3, -0.25) is 9.87 Å². The minimum Gasteiger partial charge on any atom is -0.394 e. The van der Waals surface area contributed by atoms with Gasteiger partial charge in [-0.1, -0.05) is 0 Å². The fourth-order valence-corrected chi connectivity index (χ4v) is 2.28. The van der Waals surface area contributed by atoms with Crippen LogP contribution < -0.4 is 5.32 Å². The van der Waals surface area contributed by atoms with E-state index >= 15 is 0 Å². The molecule has 0 radical (unpaired) electrons. The fraction of sp³-hybridized carbons (Fsp3) is 1.00. The number of nitrogens with one attached hydrogen (secondary N) is 1. The van der Waals surface area contributed by atoms with E-state index in [0.29, 0.717) is 0 Å². The van der Waals surface area contributed by atoms with Crippen LogP contribution in [0.4, 0.5) is 0 Å². The zero-order valence-electron chi connectivity index (χ0n) is 10.1. The van der Waals surface area contributed by atoms with Crippen LogP contribution in [0.5, 0.6) is 0 Å². The fourth-order valence-electron chi connectivity index (χ4n) is 1.77. The van der Waals surface area contributed by atoms with E-state index in [4.69, 9.17) is 14.4 Å². The van der Waals surface area contributed by atoms with Crippen LogP contribution in [0.25, 0.3) is 0 Å². The van der Waals surface area contributed by atoms with E-state index in [-0.39, 0.29) is 13.0 Å². The second-order valence-electron chi connectivity index (χ2n) is 4.34. The summed E-state index contributed by atoms with van der Waals surface area (Å²) in [6.45, 7) is -0.434. The third-order valence-electron chi connectivity index (χ3n) is 2.82. The first-order chi connectivity index (χ1) is 8.76. The highest BCUT2D eigenvalue weighted by molar-refractivity contribution is 7.85. The van der Waals surface area contributed by atoms with Crippen molar-refractivity contribution in [1.82, 2.24) is 5.32 Å². The monoisotopic (exact) mass is 301 g/mol. The van der Waals surface area contributed by atoms with Gasteiger partial charge in [0.2, 0.25) is 0 Å². The Morgan fingerprint density at radius 2 is 1.74 bits per heavy atom. The van der Waals surface area contributed by atoms with Crippen molar-refractivity contribution < 1.29 is 38.1 Å². The predicted molar refractivity (Wildman–Crippen MR) is 62.8 cm³/mol. The number of rotatable bonds is 6. The molecule has 0 aromatic carbocycles. The molecular formula is C9H19NO8S. The molecule has 0 spiro atoms. The average molecular weight is 301 g/mol. The third-order valence-corrected chi connectivity index (χ3v) is 3.62. The Balaban J connectivity index is 2.44. The van der Waals surface area contributed by atoms with E-state index in [1.807, 2.05) is 0 Å². The van der Waals surface area contributed by atoms with Crippen molar-refractivity contribution in [3.63, 3.8) is 0 Å². The van der Waals surface area contributed by atoms with Crippen LogP contribution in [0, 0.1) is 0 Å². The molecule has 1 fully saturated rings. The summed E-state index contributed by atoms with van der Waals surface area (Å²) in [5.41, 5.74) is 0. The van der Waals surface area contributed by atoms with Crippen LogP contribution in [0.2, 0.25) is 0 Å². The Morgan fingerprint density at radius 1 is 1.11 bits per heavy atom. The van der Waals surface area contributed by atoms with Gasteiger partial charge in [0.1, 0.15) is 30.6 Å². The number of aliphatic hydroxyl groups is 4. The molecule has 6 N–H and O–H groups in total. The number of hydrogen-bond acceptors (Lipinski definition) is 8. The highest BCUT2D eigenvalue weighted by Crippen LogP contribution is 2.19. The molecular weight excluding hydrogens is 282 g/mol. The van der Waals surface area contributed by atoms with Crippen molar-refractivity contribution >= 4 is 10.1 Å². The molecule has 1 aliphatic rings. The summed E-state index contributed by atoms with van der Waals surface area (Å²) in [4.78, 5) is 0. The molecule has 1 aliphatic heterocycles. The van der Waals surface area contributed by atoms with Gasteiger partial charge in [0.15, 0.2) is 0 Å². The lowest BCUT2D eigenvalue weighted by Gasteiger charge is -2.40. The van der Waals surface area contributed by atoms with Crippen LogP contribution in [0.15, 0.2) is 0 Å². The Morgan fingerprint density at radius 3 is 2.26 bits per heavy atom. The van der Waals surface area contributed by atoms with Crippen molar-refractivity contribution in [2.24, 2.45) is 0 Å². The maximum atomic E-state index is 10.5. The minimum atomic E-state index is -4.05. The van der Waals surface area contributed by atoms with Gasteiger partial charge in [0.25, 0.3) is 10.1 Å². The molecule has 5 atom stereocenters. The van der Waals surface area contributed by atoms with Gasteiger partial charge in [-0.25, -0.2) is 0 Å². The largest absolute Gasteiger partial charge is 0.394 e. The molecule has 19 heavy (non-hydrogen) atoms. The van der Waals surface area contributed by atoms with E-state index in [1.54, 1.807) is 0 Å². The van der Waals surface area contributed by atoms with Crippen LogP contribution in [0.1, 0.15) is 6.42 Å². The summed E-state index contributed by atoms with van der Waals surface area (Å²) in [6.07, 6.45) is -6.31. The predicted octanol–water partition coefficient (Wildman–Crippen LogP) is -3.35. The molecule has 1 rings (SSSR count). The topological polar surface area (TPSA) is 157 Å². The van der Waals surface area contributed by atoms with Crippen LogP contribution in [-0.4, -0.2) is 82.9 Å². The summed E-state index contributed by atoms with van der Waals surface area (Å²) in [5.74, 6) is -0.447. The van der Waals surface area contributed by atoms with Gasteiger partial charge in [-0.15, -0.1) is 0 Å². The molecule has 1 heterocycles. The zero-order chi connectivity index (χ0) is 14.6. The van der Waals surface area contributed by atoms with E-state index in [1.165, 1.54) is 0 Å². The van der Waals surface area contributed by atoms with Gasteiger partial charge in [0.05, 0.1) is 12.4 Å². The Labute approximate surface area is 110 Å². The maximum absolute atomic E-state index is 10.5. The third kappa shape index (κ3) is 4.93. The molecule has 114 valence electrons. The minimum absolute atomic E-state index is 0.0772. The number of ether oxygens (including phenoxy) is 1. The first-order valence-corrected chi connectivity index (χ1v) is 7.36. The molecule has 2 unspecified atom stereocenters. The van der Waals surface area contributed by atoms with Crippen molar-refractivity contribution in [2.45, 2.75) is 37.1 Å². The normalized spacial score (nSPS) is 36.4. The molecule has 0 amide bonds. The van der Waals surface area contributed by atoms with Crippen LogP contribution in [-0.2, 0) is 14.9 Å². The van der Waals surface area contributed by atoms with Gasteiger partial charge >= 0.3 is 0 Å². The molecule has 1 saturated heterocycles. The van der Waals surface area contributed by atoms with Gasteiger partial charge < -0.3 is 25.2 Å². The highest BCUT2D eigenvalue weighted by Gasteiger charge is 2.43. The lowest BCUT2D eigenvalue weighted by Crippen LogP contribution is -2.62. The first kappa shape index (κ1) is 16.7. The van der Waals surface area contributed by atoms with Crippen molar-refractivity contribution in [3.05, 3.63) is 0 Å². The Hall–Kier alpha value is -0.330. The Bertz CT molecular complexity index is 372. The Kier molecular flexibility index (Phi) is 6.08. The second kappa shape index (κ2) is 6.90. The quantitative estimate of drug-likeness (QED) is 0.218. The van der Waals surface area contributed by atoms with Crippen molar-refractivity contribution in [1.29, 1.82) is 0 Å². The van der Waals surface area contributed by atoms with Crippen LogP contribution >= 0.6 is 0 Å². The molecule has 0 aliphatic carbocycles. The van der Waals surface area contributed by atoms with Crippen molar-refractivity contribution in [2.75, 3.05) is 18.9 Å². The lowest BCUT2D eigenvalue weighted by atomic mass is 9.98. The molecule has 0 saturated carbocycles. The maximum Gasteiger partial charge on any atom is 0.264 e. The molecule has 0 aromatic heterocycles. The molecule has 9 nitrogen and oxygen atoms in total. The van der Waals surface area contributed by atoms with Gasteiger partial charge in [0, 0.05) is 0 Å². The summed E-state index contributed by atoms with van der Waals surface area (Å²) < 4.78 is 34.6. The van der Waals surface area contributed by atoms with E-state index in [2.05, 4.69) is 5.32 Å². The summed E-state index contributed by atoms with van der Waals surface area (Å²) in [6, 6.07) is 0. The molecule has 0 aromatic rings. The average Bonchev–Trinajstić information content (AvgIpc) is 2.33. The SMILES string of the molecule is O=S(=O)(O)CCCNC1OC(CO)[C@@H](O)[C@H](O)[C@H]1O. The summed E-state index contributed by atoms with van der Waals surface area (Å²) >= 11 is 0. The van der Waals surface area contributed by atoms with Gasteiger partial charge in [-0.05, 0) is 13.0 Å². The van der Waals surface area contributed by atoms with E-state index < -0.39 is 53.1 Å². The van der Waals surface area contributed by atoms with E-state index in [0.717, 1.165) is 0 Å². The van der Waals surface area contributed by atoms with Crippen molar-refractivity contribution in [3.8, 4) is 0 Å². The molecule has 0 bridgehead atoms. The first-order valence-electron chi connectivity index (χ1n) is 5.75. The van der Waals surface area contributed by atoms with Crippen LogP contribution in [0.3, 0.4) is 0 Å². The zero-order valence-corrected chi connectivity index (χ0v) is 10.9. The highest BCUT2D eigenvalue weighted by atomic mass is 32.2. The summed E-state index contributed by atoms with van der Waals surface area (Å²) in [7, 11) is -4.05. The molecule has 10 heteroatoms. The smallest absolute Gasteiger partial charge is 0.264 e. The second-order valence-corrected chi connectivity index (χ2v) is 5.92. The standard InChI is InChI=1S/C9H19NO8S/c11-4-5-6(12)7(13)8(14)9(18-5)10-2-1-3-19(15,16)17/h5-14H,1-4H2,(H,15,16,17)/t5?,6-,7+,8-,9?/m1/s1.